The number of piperidine rings is 1. The largest absolute Gasteiger partial charge is 0.370 e. The fourth-order valence-corrected chi connectivity index (χ4v) is 6.18. The zero-order valence-corrected chi connectivity index (χ0v) is 20.4. The number of anilines is 3. The van der Waals surface area contributed by atoms with Gasteiger partial charge in [-0.15, -0.1) is 11.3 Å². The normalized spacial score (nSPS) is 14.3. The maximum atomic E-state index is 12.6. The first-order chi connectivity index (χ1) is 15.8. The lowest BCUT2D eigenvalue weighted by Crippen LogP contribution is -2.31. The van der Waals surface area contributed by atoms with Gasteiger partial charge in [0, 0.05) is 43.6 Å². The first kappa shape index (κ1) is 23.2. The molecule has 33 heavy (non-hydrogen) atoms. The molecule has 0 bridgehead atoms. The maximum absolute atomic E-state index is 12.6. The van der Waals surface area contributed by atoms with Gasteiger partial charge in [-0.25, -0.2) is 23.2 Å². The summed E-state index contributed by atoms with van der Waals surface area (Å²) >= 11 is 1.26. The van der Waals surface area contributed by atoms with Crippen LogP contribution in [0.25, 0.3) is 0 Å². The van der Waals surface area contributed by atoms with Crippen molar-refractivity contribution in [2.24, 2.45) is 7.05 Å². The lowest BCUT2D eigenvalue weighted by molar-refractivity contribution is 0.262. The molecule has 0 radical (unpaired) electrons. The standard InChI is InChI=1S/C22H28N6O3S2/c1-16-6-7-18(19(14-16)28-10-4-3-5-11-28)25-20(29)26-21-24-15-17(32-21)8-13-33(30,31)22-23-9-12-27(22)2/h6-7,9,12,14-15H,3-5,8,10-11,13H2,1-2H3,(H2,24,25,26,29). The number of rotatable bonds is 7. The molecule has 3 heterocycles. The molecule has 0 spiro atoms. The molecule has 1 saturated heterocycles. The molecule has 1 aliphatic rings. The van der Waals surface area contributed by atoms with Crippen LogP contribution in [0.4, 0.5) is 21.3 Å². The molecule has 2 N–H and O–H groups in total. The van der Waals surface area contributed by atoms with E-state index < -0.39 is 9.84 Å². The summed E-state index contributed by atoms with van der Waals surface area (Å²) in [7, 11) is -1.84. The van der Waals surface area contributed by atoms with E-state index >= 15 is 0 Å². The molecule has 2 amide bonds. The summed E-state index contributed by atoms with van der Waals surface area (Å²) < 4.78 is 26.4. The second kappa shape index (κ2) is 9.92. The summed E-state index contributed by atoms with van der Waals surface area (Å²) in [6.07, 6.45) is 8.50. The Balaban J connectivity index is 1.37. The topological polar surface area (TPSA) is 109 Å². The molecule has 176 valence electrons. The van der Waals surface area contributed by atoms with Crippen molar-refractivity contribution in [2.45, 2.75) is 37.8 Å². The van der Waals surface area contributed by atoms with Gasteiger partial charge < -0.3 is 14.8 Å². The van der Waals surface area contributed by atoms with Gasteiger partial charge in [0.05, 0.1) is 17.1 Å². The molecular weight excluding hydrogens is 460 g/mol. The monoisotopic (exact) mass is 488 g/mol. The van der Waals surface area contributed by atoms with E-state index in [0.29, 0.717) is 11.6 Å². The Bertz CT molecular complexity index is 1230. The minimum absolute atomic E-state index is 0.0485. The van der Waals surface area contributed by atoms with Gasteiger partial charge in [0.25, 0.3) is 0 Å². The molecule has 0 unspecified atom stereocenters. The van der Waals surface area contributed by atoms with Crippen LogP contribution >= 0.6 is 11.3 Å². The Hall–Kier alpha value is -2.92. The third-order valence-corrected chi connectivity index (χ3v) is 8.21. The average Bonchev–Trinajstić information content (AvgIpc) is 3.43. The third kappa shape index (κ3) is 5.72. The molecule has 9 nitrogen and oxygen atoms in total. The van der Waals surface area contributed by atoms with Gasteiger partial charge in [-0.05, 0) is 50.3 Å². The first-order valence-electron chi connectivity index (χ1n) is 10.9. The Morgan fingerprint density at radius 1 is 1.15 bits per heavy atom. The number of sulfone groups is 1. The predicted octanol–water partition coefficient (Wildman–Crippen LogP) is 3.84. The van der Waals surface area contributed by atoms with E-state index in [2.05, 4.69) is 31.6 Å². The first-order valence-corrected chi connectivity index (χ1v) is 13.4. The minimum Gasteiger partial charge on any atom is -0.370 e. The Morgan fingerprint density at radius 3 is 2.67 bits per heavy atom. The molecule has 11 heteroatoms. The van der Waals surface area contributed by atoms with Gasteiger partial charge in [-0.2, -0.15) is 0 Å². The number of nitrogens with one attached hydrogen (secondary N) is 2. The zero-order valence-electron chi connectivity index (χ0n) is 18.7. The van der Waals surface area contributed by atoms with E-state index in [9.17, 15) is 13.2 Å². The SMILES string of the molecule is Cc1ccc(NC(=O)Nc2ncc(CCS(=O)(=O)c3nccn3C)s2)c(N2CCCCC2)c1. The van der Waals surface area contributed by atoms with Crippen LogP contribution < -0.4 is 15.5 Å². The highest BCUT2D eigenvalue weighted by molar-refractivity contribution is 7.91. The second-order valence-electron chi connectivity index (χ2n) is 8.17. The smallest absolute Gasteiger partial charge is 0.325 e. The van der Waals surface area contributed by atoms with E-state index in [-0.39, 0.29) is 16.9 Å². The number of carbonyl (C=O) groups excluding carboxylic acids is 1. The van der Waals surface area contributed by atoms with Crippen LogP contribution in [-0.2, 0) is 23.3 Å². The van der Waals surface area contributed by atoms with Gasteiger partial charge in [-0.3, -0.25) is 5.32 Å². The van der Waals surface area contributed by atoms with Crippen molar-refractivity contribution < 1.29 is 13.2 Å². The molecular formula is C22H28N6O3S2. The Labute approximate surface area is 197 Å². The highest BCUT2D eigenvalue weighted by Crippen LogP contribution is 2.30. The quantitative estimate of drug-likeness (QED) is 0.523. The van der Waals surface area contributed by atoms with Crippen LogP contribution in [0.15, 0.2) is 41.9 Å². The molecule has 1 aromatic carbocycles. The molecule has 2 aromatic heterocycles. The highest BCUT2D eigenvalue weighted by atomic mass is 32.2. The fourth-order valence-electron chi connectivity index (χ4n) is 3.85. The van der Waals surface area contributed by atoms with Crippen molar-refractivity contribution in [3.8, 4) is 0 Å². The molecule has 1 aliphatic heterocycles. The van der Waals surface area contributed by atoms with Gasteiger partial charge in [0.15, 0.2) is 5.13 Å². The summed E-state index contributed by atoms with van der Waals surface area (Å²) in [6, 6.07) is 5.63. The summed E-state index contributed by atoms with van der Waals surface area (Å²) in [5, 5.41) is 6.17. The van der Waals surface area contributed by atoms with Gasteiger partial charge in [-0.1, -0.05) is 6.07 Å². The number of carbonyl (C=O) groups is 1. The Morgan fingerprint density at radius 2 is 1.94 bits per heavy atom. The fraction of sp³-hybridized carbons (Fsp3) is 0.409. The zero-order chi connectivity index (χ0) is 23.4. The van der Waals surface area contributed by atoms with Gasteiger partial charge in [0.2, 0.25) is 15.0 Å². The van der Waals surface area contributed by atoms with E-state index in [4.69, 9.17) is 0 Å². The summed E-state index contributed by atoms with van der Waals surface area (Å²) in [6.45, 7) is 4.01. The average molecular weight is 489 g/mol. The summed E-state index contributed by atoms with van der Waals surface area (Å²) in [5.74, 6) is -0.0752. The van der Waals surface area contributed by atoms with E-state index in [0.717, 1.165) is 47.7 Å². The van der Waals surface area contributed by atoms with Crippen LogP contribution in [0.2, 0.25) is 0 Å². The third-order valence-electron chi connectivity index (χ3n) is 5.54. The summed E-state index contributed by atoms with van der Waals surface area (Å²) in [5.41, 5.74) is 2.94. The van der Waals surface area contributed by atoms with Crippen LogP contribution in [0.5, 0.6) is 0 Å². The number of imidazole rings is 1. The molecule has 4 rings (SSSR count). The lowest BCUT2D eigenvalue weighted by atomic mass is 10.1. The number of nitrogens with zero attached hydrogens (tertiary/aromatic N) is 4. The Kier molecular flexibility index (Phi) is 6.99. The van der Waals surface area contributed by atoms with Crippen LogP contribution in [-0.4, -0.2) is 47.8 Å². The predicted molar refractivity (Wildman–Crippen MR) is 131 cm³/mol. The van der Waals surface area contributed by atoms with Gasteiger partial charge >= 0.3 is 6.03 Å². The van der Waals surface area contributed by atoms with Crippen LogP contribution in [0, 0.1) is 6.92 Å². The number of benzene rings is 1. The second-order valence-corrected chi connectivity index (χ2v) is 11.3. The number of urea groups is 1. The maximum Gasteiger partial charge on any atom is 0.325 e. The van der Waals surface area contributed by atoms with Crippen molar-refractivity contribution in [3.05, 3.63) is 47.2 Å². The highest BCUT2D eigenvalue weighted by Gasteiger charge is 2.20. The van der Waals surface area contributed by atoms with E-state index in [1.165, 1.54) is 28.5 Å². The number of thiazole rings is 1. The number of hydrogen-bond acceptors (Lipinski definition) is 7. The lowest BCUT2D eigenvalue weighted by Gasteiger charge is -2.30. The van der Waals surface area contributed by atoms with Crippen molar-refractivity contribution >= 4 is 43.7 Å². The van der Waals surface area contributed by atoms with Crippen molar-refractivity contribution in [1.82, 2.24) is 14.5 Å². The van der Waals surface area contributed by atoms with Crippen LogP contribution in [0.1, 0.15) is 29.7 Å². The van der Waals surface area contributed by atoms with E-state index in [1.807, 2.05) is 19.1 Å². The molecule has 3 aromatic rings. The minimum atomic E-state index is -3.49. The number of amides is 2. The number of aromatic nitrogens is 3. The molecule has 0 saturated carbocycles. The van der Waals surface area contributed by atoms with E-state index in [1.54, 1.807) is 19.4 Å². The van der Waals surface area contributed by atoms with Gasteiger partial charge in [0.1, 0.15) is 0 Å². The number of aryl methyl sites for hydroxylation is 3. The van der Waals surface area contributed by atoms with Crippen molar-refractivity contribution in [1.29, 1.82) is 0 Å². The van der Waals surface area contributed by atoms with Crippen LogP contribution in [0.3, 0.4) is 0 Å². The number of hydrogen-bond donors (Lipinski definition) is 2. The molecule has 0 aliphatic carbocycles. The van der Waals surface area contributed by atoms with Crippen molar-refractivity contribution in [3.63, 3.8) is 0 Å². The molecule has 1 fully saturated rings. The molecule has 0 atom stereocenters. The summed E-state index contributed by atoms with van der Waals surface area (Å²) in [4.78, 5) is 23.9. The van der Waals surface area contributed by atoms with Crippen molar-refractivity contribution in [2.75, 3.05) is 34.4 Å².